The van der Waals surface area contributed by atoms with Crippen LogP contribution in [0.4, 0.5) is 0 Å². The van der Waals surface area contributed by atoms with Crippen LogP contribution >= 0.6 is 0 Å². The number of aromatic nitrogens is 2. The van der Waals surface area contributed by atoms with E-state index in [-0.39, 0.29) is 18.1 Å². The first kappa shape index (κ1) is 16.7. The first-order valence-corrected chi connectivity index (χ1v) is 8.49. The highest BCUT2D eigenvalue weighted by atomic mass is 16.5. The normalized spacial score (nSPS) is 21.1. The van der Waals surface area contributed by atoms with Gasteiger partial charge in [-0.1, -0.05) is 18.2 Å². The summed E-state index contributed by atoms with van der Waals surface area (Å²) in [5.74, 6) is 0.150. The van der Waals surface area contributed by atoms with Crippen LogP contribution in [0.2, 0.25) is 0 Å². The van der Waals surface area contributed by atoms with Crippen LogP contribution in [0.1, 0.15) is 30.8 Å². The van der Waals surface area contributed by atoms with E-state index < -0.39 is 0 Å². The van der Waals surface area contributed by atoms with Gasteiger partial charge in [0.05, 0.1) is 36.6 Å². The molecule has 0 aliphatic carbocycles. The maximum atomic E-state index is 12.8. The number of hydrogen-bond donors (Lipinski definition) is 0. The van der Waals surface area contributed by atoms with Crippen LogP contribution in [-0.2, 0) is 16.0 Å². The summed E-state index contributed by atoms with van der Waals surface area (Å²) in [4.78, 5) is 14.7. The maximum absolute atomic E-state index is 12.8. The average molecular weight is 327 g/mol. The van der Waals surface area contributed by atoms with Gasteiger partial charge in [-0.05, 0) is 39.8 Å². The van der Waals surface area contributed by atoms with Crippen molar-refractivity contribution in [1.82, 2.24) is 14.7 Å². The summed E-state index contributed by atoms with van der Waals surface area (Å²) in [6, 6.07) is 10.1. The lowest BCUT2D eigenvalue weighted by Crippen LogP contribution is -2.50. The Balaban J connectivity index is 1.83. The van der Waals surface area contributed by atoms with Crippen LogP contribution in [-0.4, -0.2) is 45.9 Å². The predicted octanol–water partition coefficient (Wildman–Crippen LogP) is 2.67. The monoisotopic (exact) mass is 327 g/mol. The molecule has 0 spiro atoms. The van der Waals surface area contributed by atoms with E-state index in [0.29, 0.717) is 19.6 Å². The van der Waals surface area contributed by atoms with Crippen molar-refractivity contribution in [1.29, 1.82) is 0 Å². The average Bonchev–Trinajstić information content (AvgIpc) is 2.86. The van der Waals surface area contributed by atoms with Crippen molar-refractivity contribution in [2.24, 2.45) is 0 Å². The molecule has 1 aliphatic heterocycles. The van der Waals surface area contributed by atoms with Crippen molar-refractivity contribution >= 4 is 5.91 Å². The lowest BCUT2D eigenvalue weighted by atomic mass is 10.1. The molecule has 1 aromatic heterocycles. The lowest BCUT2D eigenvalue weighted by molar-refractivity contribution is -0.142. The number of morpholine rings is 1. The largest absolute Gasteiger partial charge is 0.375 e. The SMILES string of the molecule is Cc1nn(-c2ccccc2)c(C)c1CC(=O)N1CC(C)OCC1C. The molecule has 2 atom stereocenters. The zero-order valence-electron chi connectivity index (χ0n) is 14.8. The summed E-state index contributed by atoms with van der Waals surface area (Å²) in [7, 11) is 0. The van der Waals surface area contributed by atoms with E-state index in [2.05, 4.69) is 5.10 Å². The van der Waals surface area contributed by atoms with Crippen molar-refractivity contribution in [3.8, 4) is 5.69 Å². The van der Waals surface area contributed by atoms with E-state index in [9.17, 15) is 4.79 Å². The Morgan fingerprint density at radius 1 is 1.25 bits per heavy atom. The number of hydrogen-bond acceptors (Lipinski definition) is 3. The number of amides is 1. The molecule has 1 aromatic carbocycles. The van der Waals surface area contributed by atoms with Crippen molar-refractivity contribution in [3.63, 3.8) is 0 Å². The van der Waals surface area contributed by atoms with Crippen LogP contribution in [0.3, 0.4) is 0 Å². The van der Waals surface area contributed by atoms with Gasteiger partial charge in [0.25, 0.3) is 0 Å². The van der Waals surface area contributed by atoms with Crippen LogP contribution in [0.15, 0.2) is 30.3 Å². The van der Waals surface area contributed by atoms with Gasteiger partial charge in [0, 0.05) is 17.8 Å². The van der Waals surface area contributed by atoms with Gasteiger partial charge < -0.3 is 9.64 Å². The second kappa shape index (κ2) is 6.77. The number of nitrogens with zero attached hydrogens (tertiary/aromatic N) is 3. The number of benzene rings is 1. The van der Waals surface area contributed by atoms with Crippen molar-refractivity contribution in [3.05, 3.63) is 47.3 Å². The molecule has 24 heavy (non-hydrogen) atoms. The molecule has 2 unspecified atom stereocenters. The van der Waals surface area contributed by atoms with E-state index in [4.69, 9.17) is 4.74 Å². The Labute approximate surface area is 143 Å². The maximum Gasteiger partial charge on any atom is 0.227 e. The molecule has 3 rings (SSSR count). The standard InChI is InChI=1S/C19H25N3O2/c1-13-12-24-14(2)11-21(13)19(23)10-18-15(3)20-22(16(18)4)17-8-6-5-7-9-17/h5-9,13-14H,10-12H2,1-4H3. The highest BCUT2D eigenvalue weighted by Gasteiger charge is 2.28. The van der Waals surface area contributed by atoms with Gasteiger partial charge >= 0.3 is 0 Å². The third-order valence-corrected chi connectivity index (χ3v) is 4.70. The minimum absolute atomic E-state index is 0.0967. The molecule has 2 heterocycles. The zero-order valence-corrected chi connectivity index (χ0v) is 14.8. The van der Waals surface area contributed by atoms with Crippen LogP contribution in [0, 0.1) is 13.8 Å². The Hall–Kier alpha value is -2.14. The van der Waals surface area contributed by atoms with Crippen LogP contribution in [0.25, 0.3) is 5.69 Å². The van der Waals surface area contributed by atoms with E-state index >= 15 is 0 Å². The fourth-order valence-corrected chi connectivity index (χ4v) is 3.25. The molecular formula is C19H25N3O2. The molecule has 0 bridgehead atoms. The topological polar surface area (TPSA) is 47.4 Å². The molecular weight excluding hydrogens is 302 g/mol. The molecule has 2 aromatic rings. The zero-order chi connectivity index (χ0) is 17.3. The van der Waals surface area contributed by atoms with E-state index in [1.54, 1.807) is 0 Å². The molecule has 5 nitrogen and oxygen atoms in total. The molecule has 5 heteroatoms. The van der Waals surface area contributed by atoms with Crippen LogP contribution in [0.5, 0.6) is 0 Å². The minimum atomic E-state index is 0.0967. The van der Waals surface area contributed by atoms with Crippen molar-refractivity contribution in [2.75, 3.05) is 13.2 Å². The second-order valence-corrected chi connectivity index (χ2v) is 6.61. The van der Waals surface area contributed by atoms with Crippen molar-refractivity contribution < 1.29 is 9.53 Å². The first-order valence-electron chi connectivity index (χ1n) is 8.49. The predicted molar refractivity (Wildman–Crippen MR) is 93.3 cm³/mol. The van der Waals surface area contributed by atoms with E-state index in [1.807, 2.05) is 67.6 Å². The smallest absolute Gasteiger partial charge is 0.227 e. The van der Waals surface area contributed by atoms with Gasteiger partial charge in [-0.2, -0.15) is 5.10 Å². The van der Waals surface area contributed by atoms with Gasteiger partial charge in [0.2, 0.25) is 5.91 Å². The third-order valence-electron chi connectivity index (χ3n) is 4.70. The lowest BCUT2D eigenvalue weighted by Gasteiger charge is -2.37. The van der Waals surface area contributed by atoms with E-state index in [0.717, 1.165) is 22.6 Å². The summed E-state index contributed by atoms with van der Waals surface area (Å²) in [6.45, 7) is 9.31. The Bertz CT molecular complexity index is 724. The fraction of sp³-hybridized carbons (Fsp3) is 0.474. The number of rotatable bonds is 3. The number of carbonyl (C=O) groups is 1. The summed E-state index contributed by atoms with van der Waals surface area (Å²) < 4.78 is 7.54. The quantitative estimate of drug-likeness (QED) is 0.871. The fourth-order valence-electron chi connectivity index (χ4n) is 3.25. The first-order chi connectivity index (χ1) is 11.5. The van der Waals surface area contributed by atoms with E-state index in [1.165, 1.54) is 0 Å². The highest BCUT2D eigenvalue weighted by Crippen LogP contribution is 2.20. The van der Waals surface area contributed by atoms with Gasteiger partial charge in [-0.15, -0.1) is 0 Å². The molecule has 1 aliphatic rings. The number of ether oxygens (including phenoxy) is 1. The number of aryl methyl sites for hydroxylation is 1. The second-order valence-electron chi connectivity index (χ2n) is 6.61. The summed E-state index contributed by atoms with van der Waals surface area (Å²) in [6.07, 6.45) is 0.487. The Kier molecular flexibility index (Phi) is 4.71. The molecule has 0 radical (unpaired) electrons. The van der Waals surface area contributed by atoms with Crippen LogP contribution < -0.4 is 0 Å². The molecule has 128 valence electrons. The van der Waals surface area contributed by atoms with Gasteiger partial charge in [-0.25, -0.2) is 4.68 Å². The highest BCUT2D eigenvalue weighted by molar-refractivity contribution is 5.79. The van der Waals surface area contributed by atoms with Gasteiger partial charge in [-0.3, -0.25) is 4.79 Å². The Morgan fingerprint density at radius 2 is 1.96 bits per heavy atom. The summed E-state index contributed by atoms with van der Waals surface area (Å²) in [5, 5.41) is 4.63. The minimum Gasteiger partial charge on any atom is -0.375 e. The number of carbonyl (C=O) groups excluding carboxylic acids is 1. The Morgan fingerprint density at radius 3 is 2.67 bits per heavy atom. The number of para-hydroxylation sites is 1. The molecule has 1 amide bonds. The summed E-state index contributed by atoms with van der Waals surface area (Å²) >= 11 is 0. The molecule has 0 N–H and O–H groups in total. The van der Waals surface area contributed by atoms with Crippen molar-refractivity contribution in [2.45, 2.75) is 46.3 Å². The van der Waals surface area contributed by atoms with Gasteiger partial charge in [0.1, 0.15) is 0 Å². The molecule has 1 saturated heterocycles. The molecule has 0 saturated carbocycles. The van der Waals surface area contributed by atoms with Gasteiger partial charge in [0.15, 0.2) is 0 Å². The summed E-state index contributed by atoms with van der Waals surface area (Å²) in [5.41, 5.74) is 3.99. The molecule has 1 fully saturated rings. The third kappa shape index (κ3) is 3.22.